The van der Waals surface area contributed by atoms with Crippen LogP contribution >= 0.6 is 0 Å². The maximum Gasteiger partial charge on any atom is 0.410 e. The number of amides is 1. The monoisotopic (exact) mass is 217 g/mol. The van der Waals surface area contributed by atoms with E-state index >= 15 is 0 Å². The van der Waals surface area contributed by atoms with E-state index in [1.807, 2.05) is 20.8 Å². The Hall–Kier alpha value is -0.810. The Morgan fingerprint density at radius 1 is 1.40 bits per heavy atom. The lowest BCUT2D eigenvalue weighted by Crippen LogP contribution is -2.36. The van der Waals surface area contributed by atoms with E-state index in [9.17, 15) is 9.90 Å². The van der Waals surface area contributed by atoms with Crippen LogP contribution in [-0.2, 0) is 9.47 Å². The highest BCUT2D eigenvalue weighted by molar-refractivity contribution is 5.68. The quantitative estimate of drug-likeness (QED) is 0.699. The van der Waals surface area contributed by atoms with Crippen molar-refractivity contribution in [3.05, 3.63) is 0 Å². The highest BCUT2D eigenvalue weighted by Gasteiger charge is 2.36. The van der Waals surface area contributed by atoms with Crippen LogP contribution in [0.5, 0.6) is 0 Å². The number of carbonyl (C=O) groups is 1. The molecule has 0 bridgehead atoms. The summed E-state index contributed by atoms with van der Waals surface area (Å²) in [6.45, 7) is 6.08. The maximum atomic E-state index is 11.6. The van der Waals surface area contributed by atoms with Crippen molar-refractivity contribution in [1.82, 2.24) is 4.90 Å². The number of nitrogens with zero attached hydrogens (tertiary/aromatic N) is 1. The number of rotatable bonds is 1. The van der Waals surface area contributed by atoms with Gasteiger partial charge in [0.25, 0.3) is 0 Å². The molecule has 0 saturated carbocycles. The van der Waals surface area contributed by atoms with E-state index in [2.05, 4.69) is 0 Å². The number of likely N-dealkylation sites (tertiary alicyclic amines) is 1. The molecule has 5 heteroatoms. The minimum absolute atomic E-state index is 0.271. The van der Waals surface area contributed by atoms with Gasteiger partial charge in [-0.2, -0.15) is 0 Å². The van der Waals surface area contributed by atoms with E-state index in [1.54, 1.807) is 0 Å². The molecular weight excluding hydrogens is 198 g/mol. The van der Waals surface area contributed by atoms with Gasteiger partial charge in [0.1, 0.15) is 11.7 Å². The number of hydrogen-bond donors (Lipinski definition) is 1. The first kappa shape index (κ1) is 12.3. The number of hydrogen-bond acceptors (Lipinski definition) is 4. The van der Waals surface area contributed by atoms with Crippen LogP contribution in [0.15, 0.2) is 0 Å². The summed E-state index contributed by atoms with van der Waals surface area (Å²) in [5.41, 5.74) is -0.507. The third-order valence-corrected chi connectivity index (χ3v) is 2.19. The lowest BCUT2D eigenvalue weighted by molar-refractivity contribution is 0.0199. The molecule has 1 rings (SSSR count). The summed E-state index contributed by atoms with van der Waals surface area (Å²) in [6, 6.07) is 0. The van der Waals surface area contributed by atoms with Gasteiger partial charge in [-0.15, -0.1) is 0 Å². The van der Waals surface area contributed by atoms with Crippen LogP contribution in [0.1, 0.15) is 20.8 Å². The first-order valence-electron chi connectivity index (χ1n) is 5.02. The SMILES string of the molecule is CO[C@H]1CN(C(=O)OC(C)(C)C)C[C@H]1O. The molecule has 1 amide bonds. The lowest BCUT2D eigenvalue weighted by atomic mass is 10.2. The molecule has 88 valence electrons. The average Bonchev–Trinajstić information content (AvgIpc) is 2.43. The summed E-state index contributed by atoms with van der Waals surface area (Å²) in [5, 5.41) is 9.53. The fourth-order valence-corrected chi connectivity index (χ4v) is 1.46. The fourth-order valence-electron chi connectivity index (χ4n) is 1.46. The van der Waals surface area contributed by atoms with Crippen LogP contribution in [0.4, 0.5) is 4.79 Å². The van der Waals surface area contributed by atoms with Crippen molar-refractivity contribution in [1.29, 1.82) is 0 Å². The topological polar surface area (TPSA) is 59.0 Å². The third kappa shape index (κ3) is 3.35. The van der Waals surface area contributed by atoms with Crippen molar-refractivity contribution >= 4 is 6.09 Å². The second-order valence-electron chi connectivity index (χ2n) is 4.73. The largest absolute Gasteiger partial charge is 0.444 e. The van der Waals surface area contributed by atoms with E-state index in [4.69, 9.17) is 9.47 Å². The Labute approximate surface area is 90.0 Å². The van der Waals surface area contributed by atoms with Crippen LogP contribution in [0.2, 0.25) is 0 Å². The van der Waals surface area contributed by atoms with E-state index in [0.717, 1.165) is 0 Å². The smallest absolute Gasteiger partial charge is 0.410 e. The zero-order chi connectivity index (χ0) is 11.6. The minimum Gasteiger partial charge on any atom is -0.444 e. The van der Waals surface area contributed by atoms with Gasteiger partial charge >= 0.3 is 6.09 Å². The zero-order valence-electron chi connectivity index (χ0n) is 9.69. The summed E-state index contributed by atoms with van der Waals surface area (Å²) in [6.07, 6.45) is -1.33. The van der Waals surface area contributed by atoms with Gasteiger partial charge < -0.3 is 19.5 Å². The van der Waals surface area contributed by atoms with Gasteiger partial charge in [0.2, 0.25) is 0 Å². The molecule has 0 aromatic heterocycles. The third-order valence-electron chi connectivity index (χ3n) is 2.19. The molecule has 1 saturated heterocycles. The van der Waals surface area contributed by atoms with Gasteiger partial charge in [-0.1, -0.05) is 0 Å². The number of carbonyl (C=O) groups excluding carboxylic acids is 1. The number of methoxy groups -OCH3 is 1. The van der Waals surface area contributed by atoms with Crippen molar-refractivity contribution in [2.24, 2.45) is 0 Å². The molecule has 0 aromatic carbocycles. The number of β-amino-alcohol motifs (C(OH)–C–C–N with tert-alkyl or cyclic N) is 1. The Kier molecular flexibility index (Phi) is 3.57. The number of ether oxygens (including phenoxy) is 2. The Morgan fingerprint density at radius 2 is 2.00 bits per heavy atom. The number of aliphatic hydroxyl groups excluding tert-OH is 1. The summed E-state index contributed by atoms with van der Waals surface area (Å²) < 4.78 is 10.2. The van der Waals surface area contributed by atoms with E-state index in [1.165, 1.54) is 12.0 Å². The van der Waals surface area contributed by atoms with Crippen LogP contribution in [-0.4, -0.2) is 54.1 Å². The van der Waals surface area contributed by atoms with Crippen molar-refractivity contribution in [3.8, 4) is 0 Å². The maximum absolute atomic E-state index is 11.6. The molecule has 1 N–H and O–H groups in total. The molecule has 1 heterocycles. The molecule has 15 heavy (non-hydrogen) atoms. The predicted molar refractivity (Wildman–Crippen MR) is 54.6 cm³/mol. The van der Waals surface area contributed by atoms with Crippen molar-refractivity contribution in [2.45, 2.75) is 38.6 Å². The van der Waals surface area contributed by atoms with Crippen molar-refractivity contribution in [2.75, 3.05) is 20.2 Å². The molecular formula is C10H19NO4. The average molecular weight is 217 g/mol. The highest BCUT2D eigenvalue weighted by atomic mass is 16.6. The van der Waals surface area contributed by atoms with Crippen LogP contribution in [0.3, 0.4) is 0 Å². The summed E-state index contributed by atoms with van der Waals surface area (Å²) in [7, 11) is 1.52. The fraction of sp³-hybridized carbons (Fsp3) is 0.900. The Balaban J connectivity index is 2.50. The summed E-state index contributed by atoms with van der Waals surface area (Å²) >= 11 is 0. The molecule has 1 aliphatic heterocycles. The van der Waals surface area contributed by atoms with Gasteiger partial charge in [0.15, 0.2) is 0 Å². The first-order chi connectivity index (χ1) is 6.83. The summed E-state index contributed by atoms with van der Waals surface area (Å²) in [4.78, 5) is 13.1. The molecule has 0 spiro atoms. The first-order valence-corrected chi connectivity index (χ1v) is 5.02. The van der Waals surface area contributed by atoms with Gasteiger partial charge in [0, 0.05) is 7.11 Å². The Bertz CT molecular complexity index is 236. The highest BCUT2D eigenvalue weighted by Crippen LogP contribution is 2.17. The lowest BCUT2D eigenvalue weighted by Gasteiger charge is -2.24. The van der Waals surface area contributed by atoms with Gasteiger partial charge in [0.05, 0.1) is 19.2 Å². The van der Waals surface area contributed by atoms with Crippen LogP contribution < -0.4 is 0 Å². The normalized spacial score (nSPS) is 26.9. The predicted octanol–water partition coefficient (Wildman–Crippen LogP) is 0.613. The minimum atomic E-state index is -0.623. The van der Waals surface area contributed by atoms with Gasteiger partial charge in [-0.25, -0.2) is 4.79 Å². The molecule has 5 nitrogen and oxygen atoms in total. The van der Waals surface area contributed by atoms with Crippen molar-refractivity contribution in [3.63, 3.8) is 0 Å². The molecule has 2 atom stereocenters. The van der Waals surface area contributed by atoms with E-state index in [0.29, 0.717) is 6.54 Å². The second kappa shape index (κ2) is 4.37. The molecule has 0 aliphatic carbocycles. The van der Waals surface area contributed by atoms with Gasteiger partial charge in [-0.05, 0) is 20.8 Å². The second-order valence-corrected chi connectivity index (χ2v) is 4.73. The standard InChI is InChI=1S/C10H19NO4/c1-10(2,3)15-9(13)11-5-7(12)8(6-11)14-4/h7-8,12H,5-6H2,1-4H3/t7-,8+/m1/s1. The Morgan fingerprint density at radius 3 is 2.40 bits per heavy atom. The zero-order valence-corrected chi connectivity index (χ0v) is 9.69. The van der Waals surface area contributed by atoms with Gasteiger partial charge in [-0.3, -0.25) is 0 Å². The van der Waals surface area contributed by atoms with Crippen molar-refractivity contribution < 1.29 is 19.4 Å². The summed E-state index contributed by atoms with van der Waals surface area (Å²) in [5.74, 6) is 0. The molecule has 0 unspecified atom stereocenters. The van der Waals surface area contributed by atoms with Crippen LogP contribution in [0.25, 0.3) is 0 Å². The number of aliphatic hydroxyl groups is 1. The molecule has 0 radical (unpaired) electrons. The van der Waals surface area contributed by atoms with Crippen LogP contribution in [0, 0.1) is 0 Å². The van der Waals surface area contributed by atoms with E-state index in [-0.39, 0.29) is 12.6 Å². The molecule has 1 aliphatic rings. The van der Waals surface area contributed by atoms with E-state index < -0.39 is 17.8 Å². The molecule has 0 aromatic rings. The molecule has 1 fully saturated rings.